The molecule has 1 saturated heterocycles. The monoisotopic (exact) mass is 432 g/mol. The largest absolute Gasteiger partial charge is 0.497 e. The molecule has 0 atom stereocenters. The lowest BCUT2D eigenvalue weighted by Gasteiger charge is -2.35. The number of ether oxygens (including phenoxy) is 2. The molecule has 1 aliphatic heterocycles. The fourth-order valence-corrected chi connectivity index (χ4v) is 3.75. The van der Waals surface area contributed by atoms with Crippen LogP contribution in [-0.2, 0) is 11.2 Å². The molecule has 0 saturated carbocycles. The Morgan fingerprint density at radius 2 is 1.56 bits per heavy atom. The van der Waals surface area contributed by atoms with Crippen molar-refractivity contribution < 1.29 is 14.3 Å². The van der Waals surface area contributed by atoms with Crippen LogP contribution in [0.2, 0.25) is 0 Å². The Kier molecular flexibility index (Phi) is 6.84. The molecule has 0 aliphatic carbocycles. The van der Waals surface area contributed by atoms with Crippen LogP contribution >= 0.6 is 0 Å². The van der Waals surface area contributed by atoms with Gasteiger partial charge in [-0.2, -0.15) is 0 Å². The van der Waals surface area contributed by atoms with Gasteiger partial charge in [0.2, 0.25) is 5.91 Å². The van der Waals surface area contributed by atoms with Crippen LogP contribution in [0, 0.1) is 0 Å². The first-order chi connectivity index (χ1) is 15.7. The summed E-state index contributed by atoms with van der Waals surface area (Å²) in [6.45, 7) is 5.45. The Labute approximate surface area is 188 Å². The van der Waals surface area contributed by atoms with Gasteiger partial charge in [0.25, 0.3) is 0 Å². The number of nitrogens with zero attached hydrogens (tertiary/aromatic N) is 4. The highest BCUT2D eigenvalue weighted by molar-refractivity contribution is 5.79. The van der Waals surface area contributed by atoms with E-state index in [9.17, 15) is 4.79 Å². The van der Waals surface area contributed by atoms with E-state index in [2.05, 4.69) is 15.1 Å². The maximum atomic E-state index is 12.7. The van der Waals surface area contributed by atoms with Crippen LogP contribution < -0.4 is 14.4 Å². The lowest BCUT2D eigenvalue weighted by atomic mass is 10.1. The van der Waals surface area contributed by atoms with Crippen molar-refractivity contribution in [2.75, 3.05) is 44.8 Å². The molecule has 1 aromatic heterocycles. The molecule has 2 aromatic carbocycles. The summed E-state index contributed by atoms with van der Waals surface area (Å²) in [4.78, 5) is 16.8. The van der Waals surface area contributed by atoms with Gasteiger partial charge in [-0.15, -0.1) is 10.2 Å². The molecular formula is C25H28N4O3. The second kappa shape index (κ2) is 10.1. The number of amides is 1. The van der Waals surface area contributed by atoms with Crippen molar-refractivity contribution in [1.82, 2.24) is 15.1 Å². The molecule has 3 aromatic rings. The van der Waals surface area contributed by atoms with E-state index in [4.69, 9.17) is 9.47 Å². The number of methoxy groups -OCH3 is 1. The van der Waals surface area contributed by atoms with Crippen LogP contribution in [0.3, 0.4) is 0 Å². The van der Waals surface area contributed by atoms with Crippen molar-refractivity contribution in [3.05, 3.63) is 66.2 Å². The van der Waals surface area contributed by atoms with Gasteiger partial charge in [-0.25, -0.2) is 0 Å². The van der Waals surface area contributed by atoms with E-state index in [-0.39, 0.29) is 5.91 Å². The number of benzene rings is 2. The summed E-state index contributed by atoms with van der Waals surface area (Å²) in [6.07, 6.45) is 0.403. The average Bonchev–Trinajstić information content (AvgIpc) is 2.85. The molecule has 0 N–H and O–H groups in total. The van der Waals surface area contributed by atoms with E-state index < -0.39 is 0 Å². The third kappa shape index (κ3) is 5.17. The number of carbonyl (C=O) groups excluding carboxylic acids is 1. The standard InChI is InChI=1S/C25H28N4O3/c1-3-32-22-10-6-20(7-11-22)23-12-13-24(27-26-23)28-14-16-29(17-15-28)25(30)18-19-4-8-21(31-2)9-5-19/h4-13H,3,14-18H2,1-2H3. The van der Waals surface area contributed by atoms with Gasteiger partial charge in [0.1, 0.15) is 11.5 Å². The minimum absolute atomic E-state index is 0.145. The zero-order valence-electron chi connectivity index (χ0n) is 18.5. The van der Waals surface area contributed by atoms with Crippen LogP contribution in [0.25, 0.3) is 11.3 Å². The Morgan fingerprint density at radius 1 is 0.875 bits per heavy atom. The molecule has 0 spiro atoms. The highest BCUT2D eigenvalue weighted by Gasteiger charge is 2.22. The molecule has 2 heterocycles. The van der Waals surface area contributed by atoms with Crippen molar-refractivity contribution in [2.24, 2.45) is 0 Å². The fourth-order valence-electron chi connectivity index (χ4n) is 3.75. The van der Waals surface area contributed by atoms with Crippen LogP contribution in [0.5, 0.6) is 11.5 Å². The fraction of sp³-hybridized carbons (Fsp3) is 0.320. The SMILES string of the molecule is CCOc1ccc(-c2ccc(N3CCN(C(=O)Cc4ccc(OC)cc4)CC3)nn2)cc1. The molecule has 32 heavy (non-hydrogen) atoms. The molecule has 166 valence electrons. The maximum absolute atomic E-state index is 12.7. The molecule has 1 aliphatic rings. The Hall–Kier alpha value is -3.61. The number of piperazine rings is 1. The van der Waals surface area contributed by atoms with Crippen LogP contribution in [0.4, 0.5) is 5.82 Å². The summed E-state index contributed by atoms with van der Waals surface area (Å²) in [5.41, 5.74) is 2.82. The topological polar surface area (TPSA) is 67.8 Å². The van der Waals surface area contributed by atoms with E-state index in [1.807, 2.05) is 72.5 Å². The van der Waals surface area contributed by atoms with Crippen molar-refractivity contribution in [2.45, 2.75) is 13.3 Å². The van der Waals surface area contributed by atoms with E-state index in [1.165, 1.54) is 0 Å². The molecule has 4 rings (SSSR count). The first kappa shape index (κ1) is 21.6. The Bertz CT molecular complexity index is 1010. The van der Waals surface area contributed by atoms with Crippen molar-refractivity contribution >= 4 is 11.7 Å². The zero-order valence-corrected chi connectivity index (χ0v) is 18.5. The summed E-state index contributed by atoms with van der Waals surface area (Å²) in [6, 6.07) is 19.5. The average molecular weight is 433 g/mol. The van der Waals surface area contributed by atoms with E-state index >= 15 is 0 Å². The first-order valence-corrected chi connectivity index (χ1v) is 10.9. The van der Waals surface area contributed by atoms with Gasteiger partial charge >= 0.3 is 0 Å². The molecule has 7 heteroatoms. The Balaban J connectivity index is 1.31. The molecular weight excluding hydrogens is 404 g/mol. The summed E-state index contributed by atoms with van der Waals surface area (Å²) in [5.74, 6) is 2.62. The second-order valence-electron chi connectivity index (χ2n) is 7.63. The molecule has 7 nitrogen and oxygen atoms in total. The summed E-state index contributed by atoms with van der Waals surface area (Å²) >= 11 is 0. The number of hydrogen-bond acceptors (Lipinski definition) is 6. The van der Waals surface area contributed by atoms with Gasteiger partial charge in [-0.3, -0.25) is 4.79 Å². The quantitative estimate of drug-likeness (QED) is 0.570. The highest BCUT2D eigenvalue weighted by atomic mass is 16.5. The number of carbonyl (C=O) groups is 1. The molecule has 0 radical (unpaired) electrons. The van der Waals surface area contributed by atoms with Crippen molar-refractivity contribution in [1.29, 1.82) is 0 Å². The third-order valence-electron chi connectivity index (χ3n) is 5.58. The minimum Gasteiger partial charge on any atom is -0.497 e. The Morgan fingerprint density at radius 3 is 2.16 bits per heavy atom. The number of rotatable bonds is 7. The van der Waals surface area contributed by atoms with Gasteiger partial charge in [-0.1, -0.05) is 12.1 Å². The van der Waals surface area contributed by atoms with E-state index in [1.54, 1.807) is 7.11 Å². The predicted molar refractivity (Wildman–Crippen MR) is 124 cm³/mol. The normalized spacial score (nSPS) is 13.7. The first-order valence-electron chi connectivity index (χ1n) is 10.9. The number of anilines is 1. The van der Waals surface area contributed by atoms with Gasteiger partial charge in [0.15, 0.2) is 5.82 Å². The smallest absolute Gasteiger partial charge is 0.227 e. The van der Waals surface area contributed by atoms with Crippen LogP contribution in [-0.4, -0.2) is 60.9 Å². The molecule has 0 unspecified atom stereocenters. The summed E-state index contributed by atoms with van der Waals surface area (Å²) < 4.78 is 10.7. The minimum atomic E-state index is 0.145. The van der Waals surface area contributed by atoms with Crippen LogP contribution in [0.15, 0.2) is 60.7 Å². The molecule has 1 amide bonds. The van der Waals surface area contributed by atoms with Gasteiger partial charge in [0.05, 0.1) is 25.8 Å². The lowest BCUT2D eigenvalue weighted by Crippen LogP contribution is -2.49. The summed E-state index contributed by atoms with van der Waals surface area (Å²) in [5, 5.41) is 8.82. The number of aromatic nitrogens is 2. The number of hydrogen-bond donors (Lipinski definition) is 0. The maximum Gasteiger partial charge on any atom is 0.227 e. The van der Waals surface area contributed by atoms with E-state index in [0.29, 0.717) is 26.1 Å². The molecule has 1 fully saturated rings. The molecule has 0 bridgehead atoms. The predicted octanol–water partition coefficient (Wildman–Crippen LogP) is 3.44. The highest BCUT2D eigenvalue weighted by Crippen LogP contribution is 2.22. The van der Waals surface area contributed by atoms with E-state index in [0.717, 1.165) is 47.2 Å². The third-order valence-corrected chi connectivity index (χ3v) is 5.58. The second-order valence-corrected chi connectivity index (χ2v) is 7.63. The van der Waals surface area contributed by atoms with Crippen LogP contribution in [0.1, 0.15) is 12.5 Å². The summed E-state index contributed by atoms with van der Waals surface area (Å²) in [7, 11) is 1.64. The van der Waals surface area contributed by atoms with Crippen molar-refractivity contribution in [3.8, 4) is 22.8 Å². The van der Waals surface area contributed by atoms with Gasteiger partial charge < -0.3 is 19.3 Å². The zero-order chi connectivity index (χ0) is 22.3. The van der Waals surface area contributed by atoms with Crippen molar-refractivity contribution in [3.63, 3.8) is 0 Å². The van der Waals surface area contributed by atoms with Gasteiger partial charge in [0, 0.05) is 31.7 Å². The lowest BCUT2D eigenvalue weighted by molar-refractivity contribution is -0.130. The van der Waals surface area contributed by atoms with Gasteiger partial charge in [-0.05, 0) is 61.0 Å².